The van der Waals surface area contributed by atoms with Gasteiger partial charge in [-0.05, 0) is 37.5 Å². The van der Waals surface area contributed by atoms with Crippen LogP contribution in [0.2, 0.25) is 0 Å². The Hall–Kier alpha value is -1.26. The van der Waals surface area contributed by atoms with Crippen LogP contribution in [-0.4, -0.2) is 22.5 Å². The van der Waals surface area contributed by atoms with E-state index in [-0.39, 0.29) is 17.7 Å². The minimum absolute atomic E-state index is 0.0833. The number of nitrogens with zero attached hydrogens (tertiary/aromatic N) is 1. The number of nitrogens with two attached hydrogens (primary N) is 1. The lowest BCUT2D eigenvalue weighted by Crippen LogP contribution is -2.57. The largest absolute Gasteiger partial charge is 0.409 e. The maximum absolute atomic E-state index is 12.3. The van der Waals surface area contributed by atoms with Crippen molar-refractivity contribution in [3.63, 3.8) is 0 Å². The van der Waals surface area contributed by atoms with E-state index >= 15 is 0 Å². The third kappa shape index (κ3) is 1.95. The number of nitrogens with one attached hydrogen (secondary N) is 1. The van der Waals surface area contributed by atoms with Crippen LogP contribution in [0.3, 0.4) is 0 Å². The van der Waals surface area contributed by atoms with Crippen molar-refractivity contribution in [1.29, 1.82) is 0 Å². The van der Waals surface area contributed by atoms with Gasteiger partial charge in [0.2, 0.25) is 5.91 Å². The summed E-state index contributed by atoms with van der Waals surface area (Å²) in [7, 11) is 0. The second-order valence-corrected chi connectivity index (χ2v) is 5.55. The van der Waals surface area contributed by atoms with Gasteiger partial charge >= 0.3 is 0 Å². The molecule has 2 rings (SSSR count). The maximum atomic E-state index is 12.3. The number of fused-ring (bicyclic) bond motifs is 1. The summed E-state index contributed by atoms with van der Waals surface area (Å²) in [5.74, 6) is 1.53. The zero-order valence-electron chi connectivity index (χ0n) is 11.1. The molecular formula is C13H23N3O2. The Kier molecular flexibility index (Phi) is 3.50. The number of carbonyl (C=O) groups excluding carboxylic acids is 1. The van der Waals surface area contributed by atoms with Crippen LogP contribution in [0.15, 0.2) is 5.16 Å². The molecule has 1 amide bonds. The van der Waals surface area contributed by atoms with Gasteiger partial charge in [-0.15, -0.1) is 0 Å². The third-order valence-corrected chi connectivity index (χ3v) is 4.88. The molecule has 4 N–H and O–H groups in total. The molecule has 0 aromatic heterocycles. The number of hydrogen-bond acceptors (Lipinski definition) is 3. The second kappa shape index (κ2) is 4.78. The fourth-order valence-corrected chi connectivity index (χ4v) is 3.48. The average Bonchev–Trinajstić information content (AvgIpc) is 2.89. The fourth-order valence-electron chi connectivity index (χ4n) is 3.48. The zero-order valence-corrected chi connectivity index (χ0v) is 11.1. The lowest BCUT2D eigenvalue weighted by atomic mass is 9.91. The highest BCUT2D eigenvalue weighted by atomic mass is 16.4. The Morgan fingerprint density at radius 1 is 1.39 bits per heavy atom. The molecule has 18 heavy (non-hydrogen) atoms. The lowest BCUT2D eigenvalue weighted by molar-refractivity contribution is -0.124. The lowest BCUT2D eigenvalue weighted by Gasteiger charge is -2.31. The highest BCUT2D eigenvalue weighted by Crippen LogP contribution is 2.57. The van der Waals surface area contributed by atoms with Gasteiger partial charge in [-0.1, -0.05) is 25.4 Å². The molecule has 0 aromatic carbocycles. The minimum Gasteiger partial charge on any atom is -0.409 e. The van der Waals surface area contributed by atoms with Gasteiger partial charge in [0.1, 0.15) is 5.54 Å². The van der Waals surface area contributed by atoms with E-state index in [0.29, 0.717) is 24.7 Å². The van der Waals surface area contributed by atoms with E-state index in [1.54, 1.807) is 0 Å². The standard InChI is InChI=1S/C13H23N3O2/c1-3-13(4-2,12(14)16-18)15-11(17)10-8-6-5-7-9(8)10/h8-10,18H,3-7H2,1-2H3,(H2,14,16)(H,15,17). The molecule has 0 radical (unpaired) electrons. The summed E-state index contributed by atoms with van der Waals surface area (Å²) in [4.78, 5) is 12.3. The third-order valence-electron chi connectivity index (χ3n) is 4.88. The first-order valence-corrected chi connectivity index (χ1v) is 6.89. The normalized spacial score (nSPS) is 31.0. The van der Waals surface area contributed by atoms with Gasteiger partial charge in [0.05, 0.1) is 0 Å². The van der Waals surface area contributed by atoms with Gasteiger partial charge in [-0.2, -0.15) is 0 Å². The topological polar surface area (TPSA) is 87.7 Å². The first kappa shape index (κ1) is 13.2. The number of amidine groups is 1. The summed E-state index contributed by atoms with van der Waals surface area (Å²) in [6.45, 7) is 3.88. The van der Waals surface area contributed by atoms with Crippen molar-refractivity contribution in [3.05, 3.63) is 0 Å². The van der Waals surface area contributed by atoms with Gasteiger partial charge in [0.25, 0.3) is 0 Å². The monoisotopic (exact) mass is 253 g/mol. The highest BCUT2D eigenvalue weighted by molar-refractivity contribution is 5.95. The molecule has 2 aliphatic carbocycles. The highest BCUT2D eigenvalue weighted by Gasteiger charge is 2.57. The van der Waals surface area contributed by atoms with Crippen LogP contribution in [0, 0.1) is 17.8 Å². The summed E-state index contributed by atoms with van der Waals surface area (Å²) in [6, 6.07) is 0. The summed E-state index contributed by atoms with van der Waals surface area (Å²) in [5, 5.41) is 15.0. The Labute approximate surface area is 108 Å². The van der Waals surface area contributed by atoms with E-state index in [0.717, 1.165) is 0 Å². The van der Waals surface area contributed by atoms with E-state index in [2.05, 4.69) is 10.5 Å². The van der Waals surface area contributed by atoms with E-state index in [1.807, 2.05) is 13.8 Å². The molecule has 2 fully saturated rings. The Balaban J connectivity index is 2.03. The van der Waals surface area contributed by atoms with Crippen molar-refractivity contribution in [2.75, 3.05) is 0 Å². The Morgan fingerprint density at radius 3 is 2.39 bits per heavy atom. The predicted octanol–water partition coefficient (Wildman–Crippen LogP) is 1.45. The SMILES string of the molecule is CCC(CC)(NC(=O)C1C2CCCC21)C(N)=NO. The van der Waals surface area contributed by atoms with Crippen molar-refractivity contribution >= 4 is 11.7 Å². The molecule has 0 saturated heterocycles. The van der Waals surface area contributed by atoms with Crippen LogP contribution in [-0.2, 0) is 4.79 Å². The molecule has 5 heteroatoms. The minimum atomic E-state index is -0.692. The number of oxime groups is 1. The molecule has 0 spiro atoms. The van der Waals surface area contributed by atoms with Crippen LogP contribution in [0.1, 0.15) is 46.0 Å². The number of amides is 1. The second-order valence-electron chi connectivity index (χ2n) is 5.55. The van der Waals surface area contributed by atoms with Crippen LogP contribution < -0.4 is 11.1 Å². The number of rotatable bonds is 5. The van der Waals surface area contributed by atoms with Gasteiger partial charge in [0.15, 0.2) is 5.84 Å². The molecule has 0 aromatic rings. The van der Waals surface area contributed by atoms with Gasteiger partial charge in [-0.3, -0.25) is 4.79 Å². The number of carbonyl (C=O) groups is 1. The van der Waals surface area contributed by atoms with Crippen molar-refractivity contribution in [3.8, 4) is 0 Å². The molecule has 2 aliphatic rings. The van der Waals surface area contributed by atoms with E-state index in [1.165, 1.54) is 19.3 Å². The van der Waals surface area contributed by atoms with Crippen molar-refractivity contribution in [2.45, 2.75) is 51.5 Å². The van der Waals surface area contributed by atoms with Crippen LogP contribution in [0.5, 0.6) is 0 Å². The van der Waals surface area contributed by atoms with E-state index in [9.17, 15) is 4.79 Å². The Bertz CT molecular complexity index is 353. The molecule has 2 unspecified atom stereocenters. The van der Waals surface area contributed by atoms with Crippen molar-refractivity contribution < 1.29 is 10.0 Å². The summed E-state index contributed by atoms with van der Waals surface area (Å²) in [6.07, 6.45) is 4.88. The zero-order chi connectivity index (χ0) is 13.3. The Morgan fingerprint density at radius 2 is 1.94 bits per heavy atom. The summed E-state index contributed by atoms with van der Waals surface area (Å²) in [5.41, 5.74) is 5.05. The van der Waals surface area contributed by atoms with Gasteiger partial charge in [0, 0.05) is 5.92 Å². The smallest absolute Gasteiger partial charge is 0.224 e. The first-order chi connectivity index (χ1) is 8.59. The van der Waals surface area contributed by atoms with Crippen LogP contribution >= 0.6 is 0 Å². The molecule has 5 nitrogen and oxygen atoms in total. The fraction of sp³-hybridized carbons (Fsp3) is 0.846. The van der Waals surface area contributed by atoms with Crippen molar-refractivity contribution in [2.24, 2.45) is 28.6 Å². The maximum Gasteiger partial charge on any atom is 0.224 e. The molecule has 0 heterocycles. The van der Waals surface area contributed by atoms with E-state index in [4.69, 9.17) is 10.9 Å². The molecule has 0 aliphatic heterocycles. The summed E-state index contributed by atoms with van der Waals surface area (Å²) >= 11 is 0. The predicted molar refractivity (Wildman–Crippen MR) is 69.2 cm³/mol. The summed E-state index contributed by atoms with van der Waals surface area (Å²) < 4.78 is 0. The van der Waals surface area contributed by atoms with Gasteiger partial charge in [-0.25, -0.2) is 0 Å². The quantitative estimate of drug-likeness (QED) is 0.300. The van der Waals surface area contributed by atoms with Crippen LogP contribution in [0.25, 0.3) is 0 Å². The van der Waals surface area contributed by atoms with Gasteiger partial charge < -0.3 is 16.3 Å². The average molecular weight is 253 g/mol. The number of hydrogen-bond donors (Lipinski definition) is 3. The first-order valence-electron chi connectivity index (χ1n) is 6.89. The molecule has 102 valence electrons. The van der Waals surface area contributed by atoms with E-state index < -0.39 is 5.54 Å². The molecule has 2 saturated carbocycles. The van der Waals surface area contributed by atoms with Crippen molar-refractivity contribution in [1.82, 2.24) is 5.32 Å². The molecule has 0 bridgehead atoms. The van der Waals surface area contributed by atoms with Crippen LogP contribution in [0.4, 0.5) is 0 Å². The molecular weight excluding hydrogens is 230 g/mol. The molecule has 2 atom stereocenters.